The number of halogens is 3. The molecule has 0 amide bonds. The van der Waals surface area contributed by atoms with Gasteiger partial charge in [0.25, 0.3) is 0 Å². The summed E-state index contributed by atoms with van der Waals surface area (Å²) in [5.74, 6) is 0. The van der Waals surface area contributed by atoms with Crippen molar-refractivity contribution in [3.05, 3.63) is 35.9 Å². The number of carbonyl (C=O) groups is 1. The zero-order valence-electron chi connectivity index (χ0n) is 5.81. The van der Waals surface area contributed by atoms with Crippen LogP contribution in [0.1, 0.15) is 10.4 Å². The van der Waals surface area contributed by atoms with E-state index in [-0.39, 0.29) is 5.56 Å². The molecule has 0 radical (unpaired) electrons. The third kappa shape index (κ3) is 2.64. The first kappa shape index (κ1) is 10.3. The summed E-state index contributed by atoms with van der Waals surface area (Å²) in [6.07, 6.45) is 0. The Bertz CT molecular complexity index is 280. The Morgan fingerprint density at radius 2 is 1.58 bits per heavy atom. The summed E-state index contributed by atoms with van der Waals surface area (Å²) in [4.78, 5) is 10.6. The van der Waals surface area contributed by atoms with E-state index in [4.69, 9.17) is 0 Å². The molecule has 1 nitrogen and oxygen atoms in total. The summed E-state index contributed by atoms with van der Waals surface area (Å²) in [6, 6.07) is 6.78. The fraction of sp³-hybridized carbons (Fsp3) is 0. The van der Waals surface area contributed by atoms with Crippen molar-refractivity contribution in [3.8, 4) is 0 Å². The molecule has 67 valence electrons. The molecule has 0 atom stereocenters. The van der Waals surface area contributed by atoms with E-state index < -0.39 is 42.9 Å². The first-order valence-electron chi connectivity index (χ1n) is 2.98. The molecule has 0 aromatic heterocycles. The zero-order chi connectivity index (χ0) is 9.19. The minimum absolute atomic E-state index is 0.239. The van der Waals surface area contributed by atoms with Gasteiger partial charge >= 0.3 is 83.6 Å². The molecule has 0 saturated carbocycles. The van der Waals surface area contributed by atoms with Crippen LogP contribution in [-0.2, 0) is 0 Å². The van der Waals surface area contributed by atoms with Crippen LogP contribution in [0.4, 0.5) is 0.0763 Å². The molecule has 0 spiro atoms. The summed E-state index contributed by atoms with van der Waals surface area (Å²) in [7, 11) is 0. The first-order chi connectivity index (χ1) is 5.52. The van der Waals surface area contributed by atoms with Gasteiger partial charge in [-0.25, -0.2) is 0 Å². The number of hydrogen-bond donors (Lipinski definition) is 0. The van der Waals surface area contributed by atoms with Gasteiger partial charge in [-0.15, -0.1) is 0 Å². The second-order valence-electron chi connectivity index (χ2n) is 2.02. The number of carbonyl (C=O) groups excluding carboxylic acids is 1. The maximum atomic E-state index is 12.0. The van der Waals surface area contributed by atoms with E-state index in [1.807, 2.05) is 0 Å². The van der Waals surface area contributed by atoms with Gasteiger partial charge in [0.1, 0.15) is 0 Å². The van der Waals surface area contributed by atoms with Crippen LogP contribution >= 0.6 is 0 Å². The molecule has 0 aliphatic carbocycles. The van der Waals surface area contributed by atoms with Crippen molar-refractivity contribution in [2.24, 2.45) is 0 Å². The van der Waals surface area contributed by atoms with Gasteiger partial charge in [-0.05, 0) is 0 Å². The van der Waals surface area contributed by atoms with E-state index in [1.165, 1.54) is 24.3 Å². The van der Waals surface area contributed by atoms with Crippen LogP contribution < -0.4 is 0 Å². The summed E-state index contributed by atoms with van der Waals surface area (Å²) < 4.78 is 34.4. The summed E-state index contributed by atoms with van der Waals surface area (Å²) in [6.45, 7) is 0. The second kappa shape index (κ2) is 3.98. The van der Waals surface area contributed by atoms with E-state index in [0.717, 1.165) is 0 Å². The molecular weight excluding hydrogens is 309 g/mol. The monoisotopic (exact) mass is 315 g/mol. The minimum atomic E-state index is -6.75. The van der Waals surface area contributed by atoms with Gasteiger partial charge in [-0.1, -0.05) is 0 Å². The van der Waals surface area contributed by atoms with Crippen LogP contribution in [-0.4, -0.2) is 0.177 Å². The van der Waals surface area contributed by atoms with Gasteiger partial charge < -0.3 is 0 Å². The fourth-order valence-corrected chi connectivity index (χ4v) is 1.89. The summed E-state index contributed by atoms with van der Waals surface area (Å²) >= 11 is -6.75. The quantitative estimate of drug-likeness (QED) is 0.820. The van der Waals surface area contributed by atoms with Crippen molar-refractivity contribution in [3.63, 3.8) is 0 Å². The zero-order valence-corrected chi connectivity index (χ0v) is 8.23. The predicted octanol–water partition coefficient (Wildman–Crippen LogP) is 2.64. The van der Waals surface area contributed by atoms with Crippen molar-refractivity contribution >= 4 is 0.177 Å². The van der Waals surface area contributed by atoms with Crippen molar-refractivity contribution in [1.29, 1.82) is 0 Å². The third-order valence-electron chi connectivity index (χ3n) is 1.20. The molecule has 0 fully saturated rings. The Morgan fingerprint density at radius 1 is 1.08 bits per heavy atom. The van der Waals surface area contributed by atoms with E-state index in [0.29, 0.717) is 0 Å². The van der Waals surface area contributed by atoms with Crippen molar-refractivity contribution < 1.29 is 47.6 Å². The van der Waals surface area contributed by atoms with E-state index in [2.05, 4.69) is 0 Å². The second-order valence-corrected chi connectivity index (χ2v) is 5.53. The van der Waals surface area contributed by atoms with E-state index in [9.17, 15) is 4.87 Å². The normalized spacial score (nSPS) is 12.6. The molecule has 0 aliphatic rings. The number of benzene rings is 1. The average Bonchev–Trinajstić information content (AvgIpc) is 2.03. The third-order valence-corrected chi connectivity index (χ3v) is 3.14. The molecule has 0 unspecified atom stereocenters. The summed E-state index contributed by atoms with van der Waals surface area (Å²) in [5.41, 5.74) is -0.239. The average molecular weight is 314 g/mol. The standard InChI is InChI=1S/C7H5O.Eu.3FH/c8-6-7-4-2-1-3-5-7;;;;/h1-5H;;3*1H/q;+3;;;/p-3. The van der Waals surface area contributed by atoms with Crippen LogP contribution in [0.25, 0.3) is 0 Å². The van der Waals surface area contributed by atoms with Crippen molar-refractivity contribution in [2.75, 3.05) is 0 Å². The molecule has 0 heterocycles. The Kier molecular flexibility index (Phi) is 3.43. The Morgan fingerprint density at radius 3 is 2.00 bits per heavy atom. The molecule has 0 N–H and O–H groups in total. The molecule has 1 aromatic rings. The Balaban J connectivity index is 2.94. The van der Waals surface area contributed by atoms with Gasteiger partial charge in [0, 0.05) is 0 Å². The van der Waals surface area contributed by atoms with Gasteiger partial charge in [0.05, 0.1) is 0 Å². The Labute approximate surface area is 82.4 Å². The molecule has 12 heavy (non-hydrogen) atoms. The maximum absolute atomic E-state index is 12.0. The van der Waals surface area contributed by atoms with E-state index in [1.54, 1.807) is 6.07 Å². The molecule has 1 aromatic carbocycles. The fourth-order valence-electron chi connectivity index (χ4n) is 0.693. The van der Waals surface area contributed by atoms with E-state index >= 15 is 0 Å². The molecule has 1 rings (SSSR count). The molecule has 0 saturated heterocycles. The topological polar surface area (TPSA) is 17.1 Å². The molecule has 0 bridgehead atoms. The van der Waals surface area contributed by atoms with Gasteiger partial charge in [-0.3, -0.25) is 0 Å². The molecule has 5 heteroatoms. The molecule has 0 aliphatic heterocycles. The number of rotatable bonds is 2. The number of hydrogen-bond acceptors (Lipinski definition) is 1. The SMILES string of the molecule is O=[C](c1ccccc1)[Eu]([F])([F])[F]. The van der Waals surface area contributed by atoms with Crippen molar-refractivity contribution in [1.82, 2.24) is 0 Å². The van der Waals surface area contributed by atoms with Crippen LogP contribution in [0.5, 0.6) is 0 Å². The van der Waals surface area contributed by atoms with Crippen LogP contribution in [0.15, 0.2) is 30.3 Å². The first-order valence-corrected chi connectivity index (χ1v) is 6.94. The summed E-state index contributed by atoms with van der Waals surface area (Å²) in [5, 5.41) is 0. The van der Waals surface area contributed by atoms with Gasteiger partial charge in [0.2, 0.25) is 0 Å². The van der Waals surface area contributed by atoms with Crippen molar-refractivity contribution in [2.45, 2.75) is 0 Å². The van der Waals surface area contributed by atoms with Crippen LogP contribution in [0.2, 0.25) is 0 Å². The van der Waals surface area contributed by atoms with Crippen LogP contribution in [0.3, 0.4) is 0 Å². The van der Waals surface area contributed by atoms with Crippen LogP contribution in [0, 0.1) is 42.7 Å². The Hall–Kier alpha value is 0.264. The molecular formula is C7H5EuF3O. The van der Waals surface area contributed by atoms with Gasteiger partial charge in [0.15, 0.2) is 0 Å². The van der Waals surface area contributed by atoms with Gasteiger partial charge in [-0.2, -0.15) is 0 Å². The predicted molar refractivity (Wildman–Crippen MR) is 34.1 cm³/mol.